The Morgan fingerprint density at radius 2 is 1.48 bits per heavy atom. The molecule has 0 spiro atoms. The fourth-order valence-electron chi connectivity index (χ4n) is 4.09. The van der Waals surface area contributed by atoms with E-state index in [-0.39, 0.29) is 17.1 Å². The molecule has 0 unspecified atom stereocenters. The topological polar surface area (TPSA) is 69.0 Å². The Bertz CT molecular complexity index is 1600. The van der Waals surface area contributed by atoms with Crippen LogP contribution >= 0.6 is 0 Å². The van der Waals surface area contributed by atoms with Crippen molar-refractivity contribution < 1.29 is 13.2 Å². The Kier molecular flexibility index (Phi) is 5.30. The molecular formula is C27H22N2O3S. The Labute approximate surface area is 192 Å². The van der Waals surface area contributed by atoms with Gasteiger partial charge in [0.05, 0.1) is 17.0 Å². The molecule has 0 saturated carbocycles. The van der Waals surface area contributed by atoms with Crippen LogP contribution in [0, 0.1) is 0 Å². The molecule has 0 amide bonds. The lowest BCUT2D eigenvalue weighted by Gasteiger charge is -2.05. The first-order valence-electron chi connectivity index (χ1n) is 10.6. The summed E-state index contributed by atoms with van der Waals surface area (Å²) in [5, 5.41) is 7.73. The highest BCUT2D eigenvalue weighted by Gasteiger charge is 2.18. The zero-order chi connectivity index (χ0) is 23.0. The minimum Gasteiger partial charge on any atom is -0.292 e. The maximum atomic E-state index is 13.2. The van der Waals surface area contributed by atoms with E-state index in [1.165, 1.54) is 6.26 Å². The molecule has 6 heteroatoms. The molecule has 1 heterocycles. The van der Waals surface area contributed by atoms with Crippen molar-refractivity contribution in [2.24, 2.45) is 0 Å². The predicted molar refractivity (Wildman–Crippen MR) is 130 cm³/mol. The maximum Gasteiger partial charge on any atom is 0.188 e. The number of fused-ring (bicyclic) bond motifs is 2. The number of hydrogen-bond acceptors (Lipinski definition) is 4. The van der Waals surface area contributed by atoms with Gasteiger partial charge >= 0.3 is 0 Å². The summed E-state index contributed by atoms with van der Waals surface area (Å²) in [6.45, 7) is 0.438. The number of aromatic nitrogens is 2. The van der Waals surface area contributed by atoms with E-state index < -0.39 is 9.84 Å². The van der Waals surface area contributed by atoms with Crippen LogP contribution in [0.25, 0.3) is 21.7 Å². The zero-order valence-electron chi connectivity index (χ0n) is 18.1. The lowest BCUT2D eigenvalue weighted by molar-refractivity contribution is 0.0989. The van der Waals surface area contributed by atoms with E-state index >= 15 is 0 Å². The molecule has 4 aromatic carbocycles. The molecule has 1 aromatic heterocycles. The second-order valence-electron chi connectivity index (χ2n) is 8.22. The molecule has 0 atom stereocenters. The number of hydrogen-bond donors (Lipinski definition) is 0. The van der Waals surface area contributed by atoms with Crippen molar-refractivity contribution in [2.75, 3.05) is 6.26 Å². The number of benzene rings is 4. The van der Waals surface area contributed by atoms with Gasteiger partial charge in [0.15, 0.2) is 15.6 Å². The van der Waals surface area contributed by atoms with E-state index in [4.69, 9.17) is 0 Å². The molecule has 0 aliphatic carbocycles. The average molecular weight is 455 g/mol. The van der Waals surface area contributed by atoms with Crippen molar-refractivity contribution in [1.29, 1.82) is 0 Å². The lowest BCUT2D eigenvalue weighted by Crippen LogP contribution is -2.08. The van der Waals surface area contributed by atoms with Gasteiger partial charge in [0.25, 0.3) is 0 Å². The molecule has 0 bridgehead atoms. The van der Waals surface area contributed by atoms with Gasteiger partial charge in [-0.25, -0.2) is 8.42 Å². The highest BCUT2D eigenvalue weighted by Crippen LogP contribution is 2.23. The van der Waals surface area contributed by atoms with Crippen LogP contribution in [0.3, 0.4) is 0 Å². The summed E-state index contributed by atoms with van der Waals surface area (Å²) in [4.78, 5) is 13.5. The molecule has 0 saturated heterocycles. The number of rotatable bonds is 6. The quantitative estimate of drug-likeness (QED) is 0.336. The molecule has 5 rings (SSSR count). The first-order chi connectivity index (χ1) is 15.9. The van der Waals surface area contributed by atoms with Crippen molar-refractivity contribution in [3.63, 3.8) is 0 Å². The van der Waals surface area contributed by atoms with Gasteiger partial charge in [0.2, 0.25) is 0 Å². The van der Waals surface area contributed by atoms with Crippen molar-refractivity contribution in [1.82, 2.24) is 9.78 Å². The van der Waals surface area contributed by atoms with E-state index in [1.54, 1.807) is 28.9 Å². The van der Waals surface area contributed by atoms with Crippen molar-refractivity contribution in [2.45, 2.75) is 17.9 Å². The Hall–Kier alpha value is -3.77. The van der Waals surface area contributed by atoms with Crippen LogP contribution in [0.15, 0.2) is 95.9 Å². The van der Waals surface area contributed by atoms with Gasteiger partial charge in [-0.05, 0) is 40.1 Å². The summed E-state index contributed by atoms with van der Waals surface area (Å²) in [6, 6.07) is 28.6. The Morgan fingerprint density at radius 3 is 2.24 bits per heavy atom. The zero-order valence-corrected chi connectivity index (χ0v) is 18.9. The molecule has 33 heavy (non-hydrogen) atoms. The Balaban J connectivity index is 1.45. The monoisotopic (exact) mass is 454 g/mol. The minimum absolute atomic E-state index is 0.0346. The number of nitrogens with zero attached hydrogens (tertiary/aromatic N) is 2. The highest BCUT2D eigenvalue weighted by atomic mass is 32.2. The summed E-state index contributed by atoms with van der Waals surface area (Å²) in [5.74, 6) is -0.0346. The van der Waals surface area contributed by atoms with Gasteiger partial charge in [-0.1, -0.05) is 72.8 Å². The second-order valence-corrected chi connectivity index (χ2v) is 10.2. The highest BCUT2D eigenvalue weighted by molar-refractivity contribution is 7.90. The first kappa shape index (κ1) is 21.1. The number of para-hydroxylation sites is 1. The number of ketones is 1. The predicted octanol–water partition coefficient (Wildman–Crippen LogP) is 5.07. The molecule has 0 aliphatic rings. The number of Topliss-reactive ketones (excluding diaryl/α,β-unsaturated/α-hetero) is 1. The number of carbonyl (C=O) groups is 1. The first-order valence-corrected chi connectivity index (χ1v) is 12.5. The SMILES string of the molecule is CS(=O)(=O)c1ccc(Cn2nc(C(=O)Cc3ccc4ccccc4c3)c3ccccc32)cc1. The van der Waals surface area contributed by atoms with Crippen molar-refractivity contribution in [3.8, 4) is 0 Å². The molecule has 164 valence electrons. The average Bonchev–Trinajstić information content (AvgIpc) is 3.17. The third-order valence-corrected chi connectivity index (χ3v) is 6.91. The molecule has 0 aliphatic heterocycles. The van der Waals surface area contributed by atoms with Crippen LogP contribution in [0.5, 0.6) is 0 Å². The summed E-state index contributed by atoms with van der Waals surface area (Å²) in [6.07, 6.45) is 1.46. The number of carbonyl (C=O) groups excluding carboxylic acids is 1. The molecule has 0 fully saturated rings. The van der Waals surface area contributed by atoms with E-state index in [2.05, 4.69) is 17.2 Å². The second kappa shape index (κ2) is 8.30. The molecular weight excluding hydrogens is 432 g/mol. The van der Waals surface area contributed by atoms with Gasteiger partial charge in [0, 0.05) is 18.1 Å². The lowest BCUT2D eigenvalue weighted by atomic mass is 10.0. The largest absolute Gasteiger partial charge is 0.292 e. The molecule has 5 nitrogen and oxygen atoms in total. The van der Waals surface area contributed by atoms with E-state index in [0.717, 1.165) is 32.8 Å². The normalized spacial score (nSPS) is 11.8. The fourth-order valence-corrected chi connectivity index (χ4v) is 4.72. The van der Waals surface area contributed by atoms with Crippen LogP contribution in [0.1, 0.15) is 21.6 Å². The standard InChI is InChI=1S/C27H22N2O3S/c1-33(31,32)23-14-11-19(12-15-23)18-29-25-9-5-4-8-24(25)27(28-29)26(30)17-20-10-13-21-6-2-3-7-22(21)16-20/h2-16H,17-18H2,1H3. The number of sulfone groups is 1. The van der Waals surface area contributed by atoms with Gasteiger partial charge in [0.1, 0.15) is 5.69 Å². The summed E-state index contributed by atoms with van der Waals surface area (Å²) < 4.78 is 25.2. The van der Waals surface area contributed by atoms with Crippen LogP contribution in [-0.4, -0.2) is 30.2 Å². The van der Waals surface area contributed by atoms with Gasteiger partial charge in [-0.15, -0.1) is 0 Å². The van der Waals surface area contributed by atoms with E-state index in [1.807, 2.05) is 54.6 Å². The smallest absolute Gasteiger partial charge is 0.188 e. The van der Waals surface area contributed by atoms with Crippen LogP contribution < -0.4 is 0 Å². The molecule has 0 radical (unpaired) electrons. The van der Waals surface area contributed by atoms with Crippen molar-refractivity contribution >= 4 is 37.3 Å². The summed E-state index contributed by atoms with van der Waals surface area (Å²) in [5.41, 5.74) is 3.18. The Morgan fingerprint density at radius 1 is 0.818 bits per heavy atom. The molecule has 5 aromatic rings. The van der Waals surface area contributed by atoms with Gasteiger partial charge in [-0.2, -0.15) is 5.10 Å². The van der Waals surface area contributed by atoms with E-state index in [0.29, 0.717) is 12.2 Å². The van der Waals surface area contributed by atoms with Gasteiger partial charge < -0.3 is 0 Å². The van der Waals surface area contributed by atoms with Crippen LogP contribution in [0.2, 0.25) is 0 Å². The fraction of sp³-hybridized carbons (Fsp3) is 0.111. The van der Waals surface area contributed by atoms with Crippen LogP contribution in [0.4, 0.5) is 0 Å². The summed E-state index contributed by atoms with van der Waals surface area (Å²) in [7, 11) is -3.24. The molecule has 0 N–H and O–H groups in total. The van der Waals surface area contributed by atoms with Crippen LogP contribution in [-0.2, 0) is 22.8 Å². The summed E-state index contributed by atoms with van der Waals surface area (Å²) >= 11 is 0. The maximum absolute atomic E-state index is 13.2. The van der Waals surface area contributed by atoms with E-state index in [9.17, 15) is 13.2 Å². The third kappa shape index (κ3) is 4.30. The third-order valence-electron chi connectivity index (χ3n) is 5.78. The van der Waals surface area contributed by atoms with Crippen molar-refractivity contribution in [3.05, 3.63) is 108 Å². The minimum atomic E-state index is -3.24. The van der Waals surface area contributed by atoms with Gasteiger partial charge in [-0.3, -0.25) is 9.48 Å².